The first-order valence-corrected chi connectivity index (χ1v) is 4.61. The van der Waals surface area contributed by atoms with Crippen molar-refractivity contribution in [1.82, 2.24) is 0 Å². The lowest BCUT2D eigenvalue weighted by molar-refractivity contribution is -0.0597. The van der Waals surface area contributed by atoms with Gasteiger partial charge in [-0.05, 0) is 5.92 Å². The highest BCUT2D eigenvalue weighted by Gasteiger charge is 2.44. The lowest BCUT2D eigenvalue weighted by Gasteiger charge is -2.37. The summed E-state index contributed by atoms with van der Waals surface area (Å²) in [6.07, 6.45) is 1.84. The Labute approximate surface area is 75.1 Å². The van der Waals surface area contributed by atoms with Crippen LogP contribution in [-0.4, -0.2) is 13.7 Å². The largest absolute Gasteiger partial charge is 0.218 e. The smallest absolute Gasteiger partial charge is 0.212 e. The molecule has 1 unspecified atom stereocenters. The molecule has 0 fully saturated rings. The van der Waals surface area contributed by atoms with Crippen LogP contribution in [0, 0.1) is 11.3 Å². The van der Waals surface area contributed by atoms with Crippen LogP contribution in [0.15, 0.2) is 0 Å². The quantitative estimate of drug-likeness (QED) is 0.577. The van der Waals surface area contributed by atoms with E-state index in [4.69, 9.17) is 0 Å². The topological polar surface area (TPSA) is 0 Å². The Hall–Kier alpha value is -0.0751. The molecule has 0 amide bonds. The van der Waals surface area contributed by atoms with Crippen LogP contribution in [0.2, 0.25) is 0 Å². The van der Waals surface area contributed by atoms with Crippen molar-refractivity contribution in [1.29, 1.82) is 0 Å². The van der Waals surface area contributed by atoms with Crippen LogP contribution in [0.1, 0.15) is 40.5 Å². The third-order valence-corrected chi connectivity index (χ3v) is 3.09. The van der Waals surface area contributed by atoms with Crippen molar-refractivity contribution in [3.8, 4) is 0 Å². The van der Waals surface area contributed by atoms with E-state index < -0.39 is 11.2 Å². The van der Waals surface area contributed by atoms with Gasteiger partial charge < -0.3 is 0 Å². The molecule has 3 heteroatoms. The molecule has 0 heterocycles. The van der Waals surface area contributed by atoms with E-state index in [-0.39, 0.29) is 5.92 Å². The fourth-order valence-corrected chi connectivity index (χ4v) is 1.23. The molecule has 12 heavy (non-hydrogen) atoms. The molecule has 0 saturated carbocycles. The van der Waals surface area contributed by atoms with Gasteiger partial charge in [0.15, 0.2) is 7.85 Å². The monoisotopic (exact) mass is 176 g/mol. The van der Waals surface area contributed by atoms with Crippen molar-refractivity contribution >= 4 is 7.85 Å². The molecular formula is C9H19BF2. The van der Waals surface area contributed by atoms with Gasteiger partial charge in [0.05, 0.1) is 0 Å². The second-order valence-corrected chi connectivity index (χ2v) is 4.30. The predicted octanol–water partition coefficient (Wildman–Crippen LogP) is 2.67. The molecule has 0 aromatic carbocycles. The van der Waals surface area contributed by atoms with Gasteiger partial charge >= 0.3 is 0 Å². The Morgan fingerprint density at radius 3 is 2.00 bits per heavy atom. The molecule has 0 aliphatic heterocycles. The van der Waals surface area contributed by atoms with Crippen LogP contribution in [0.3, 0.4) is 0 Å². The van der Waals surface area contributed by atoms with Gasteiger partial charge in [0.2, 0.25) is 5.82 Å². The lowest BCUT2D eigenvalue weighted by atomic mass is 9.66. The van der Waals surface area contributed by atoms with Crippen LogP contribution >= 0.6 is 0 Å². The third-order valence-electron chi connectivity index (χ3n) is 3.09. The van der Waals surface area contributed by atoms with E-state index in [2.05, 4.69) is 0 Å². The van der Waals surface area contributed by atoms with Crippen molar-refractivity contribution in [3.05, 3.63) is 0 Å². The molecule has 0 rings (SSSR count). The average Bonchev–Trinajstić information content (AvgIpc) is 1.85. The number of halogens is 2. The summed E-state index contributed by atoms with van der Waals surface area (Å²) in [5.41, 5.74) is -0.886. The summed E-state index contributed by atoms with van der Waals surface area (Å²) >= 11 is 0. The summed E-state index contributed by atoms with van der Waals surface area (Å²) in [5, 5.41) is 0. The minimum Gasteiger partial charge on any atom is -0.218 e. The molecule has 0 N–H and O–H groups in total. The fourth-order valence-electron chi connectivity index (χ4n) is 1.23. The fraction of sp³-hybridized carbons (Fsp3) is 1.00. The van der Waals surface area contributed by atoms with Gasteiger partial charge in [-0.25, -0.2) is 8.78 Å². The highest BCUT2D eigenvalue weighted by Crippen LogP contribution is 2.41. The first-order valence-electron chi connectivity index (χ1n) is 4.61. The van der Waals surface area contributed by atoms with E-state index in [0.717, 1.165) is 20.7 Å². The zero-order chi connectivity index (χ0) is 9.99. The third kappa shape index (κ3) is 2.46. The maximum atomic E-state index is 13.1. The summed E-state index contributed by atoms with van der Waals surface area (Å²) in [5.74, 6) is -2.51. The first kappa shape index (κ1) is 11.9. The first-order chi connectivity index (χ1) is 5.23. The van der Waals surface area contributed by atoms with Gasteiger partial charge in [0.25, 0.3) is 0 Å². The molecule has 0 aliphatic carbocycles. The van der Waals surface area contributed by atoms with Gasteiger partial charge in [0.1, 0.15) is 0 Å². The van der Waals surface area contributed by atoms with Gasteiger partial charge in [-0.1, -0.05) is 40.5 Å². The van der Waals surface area contributed by atoms with Crippen LogP contribution < -0.4 is 0 Å². The van der Waals surface area contributed by atoms with Gasteiger partial charge in [-0.3, -0.25) is 0 Å². The Balaban J connectivity index is 4.38. The van der Waals surface area contributed by atoms with Gasteiger partial charge in [-0.2, -0.15) is 0 Å². The van der Waals surface area contributed by atoms with Crippen LogP contribution in [0.4, 0.5) is 8.78 Å². The van der Waals surface area contributed by atoms with Crippen LogP contribution in [-0.2, 0) is 0 Å². The van der Waals surface area contributed by atoms with Crippen molar-refractivity contribution in [2.45, 2.75) is 46.4 Å². The maximum absolute atomic E-state index is 13.1. The summed E-state index contributed by atoms with van der Waals surface area (Å²) in [6, 6.07) is 0. The minimum absolute atomic E-state index is 0.0718. The molecule has 0 spiro atoms. The van der Waals surface area contributed by atoms with E-state index in [1.807, 2.05) is 13.8 Å². The normalized spacial score (nSPS) is 16.2. The molecule has 0 nitrogen and oxygen atoms in total. The van der Waals surface area contributed by atoms with Crippen molar-refractivity contribution in [3.63, 3.8) is 0 Å². The zero-order valence-electron chi connectivity index (χ0n) is 8.75. The van der Waals surface area contributed by atoms with E-state index in [1.54, 1.807) is 13.8 Å². The average molecular weight is 176 g/mol. The zero-order valence-corrected chi connectivity index (χ0v) is 8.75. The highest BCUT2D eigenvalue weighted by atomic mass is 19.3. The molecule has 0 bridgehead atoms. The van der Waals surface area contributed by atoms with E-state index >= 15 is 0 Å². The second kappa shape index (κ2) is 3.76. The summed E-state index contributed by atoms with van der Waals surface area (Å²) in [7, 11) is 1.01. The molecule has 0 aromatic rings. The molecule has 0 radical (unpaired) electrons. The number of rotatable bonds is 4. The van der Waals surface area contributed by atoms with Crippen molar-refractivity contribution in [2.75, 3.05) is 0 Å². The van der Waals surface area contributed by atoms with E-state index in [9.17, 15) is 8.78 Å². The highest BCUT2D eigenvalue weighted by molar-refractivity contribution is 6.13. The number of hydrogen-bond acceptors (Lipinski definition) is 0. The number of hydrogen-bond donors (Lipinski definition) is 0. The number of alkyl halides is 2. The predicted molar refractivity (Wildman–Crippen MR) is 51.3 cm³/mol. The molecule has 72 valence electrons. The molecule has 0 aliphatic rings. The molecule has 0 saturated heterocycles. The van der Waals surface area contributed by atoms with Gasteiger partial charge in [-0.15, -0.1) is 0 Å². The van der Waals surface area contributed by atoms with Crippen LogP contribution in [0.25, 0.3) is 0 Å². The van der Waals surface area contributed by atoms with Crippen LogP contribution in [0.5, 0.6) is 0 Å². The molecule has 1 atom stereocenters. The van der Waals surface area contributed by atoms with E-state index in [1.165, 1.54) is 0 Å². The molecule has 0 aromatic heterocycles. The standard InChI is InChI=1S/C9H19BF2/c1-5-6-7(2)8(3,4)9(10,11)12/h7H,5-6,10H2,1-4H3. The Morgan fingerprint density at radius 2 is 1.75 bits per heavy atom. The lowest BCUT2D eigenvalue weighted by Crippen LogP contribution is -2.41. The Kier molecular flexibility index (Phi) is 3.73. The van der Waals surface area contributed by atoms with Crippen molar-refractivity contribution in [2.24, 2.45) is 11.3 Å². The Bertz CT molecular complexity index is 138. The minimum atomic E-state index is -2.58. The second-order valence-electron chi connectivity index (χ2n) is 4.30. The molecular weight excluding hydrogens is 157 g/mol. The van der Waals surface area contributed by atoms with Crippen molar-refractivity contribution < 1.29 is 8.78 Å². The van der Waals surface area contributed by atoms with Gasteiger partial charge in [0, 0.05) is 5.41 Å². The maximum Gasteiger partial charge on any atom is 0.212 e. The summed E-state index contributed by atoms with van der Waals surface area (Å²) in [6.45, 7) is 7.22. The summed E-state index contributed by atoms with van der Waals surface area (Å²) in [4.78, 5) is 0. The SMILES string of the molecule is BC(F)(F)C(C)(C)C(C)CCC. The Morgan fingerprint density at radius 1 is 1.33 bits per heavy atom. The summed E-state index contributed by atoms with van der Waals surface area (Å²) < 4.78 is 26.1. The van der Waals surface area contributed by atoms with E-state index in [0.29, 0.717) is 0 Å².